The van der Waals surface area contributed by atoms with Crippen LogP contribution in [0.1, 0.15) is 11.1 Å². The lowest BCUT2D eigenvalue weighted by Gasteiger charge is -2.31. The van der Waals surface area contributed by atoms with Crippen molar-refractivity contribution in [2.45, 2.75) is 25.0 Å². The van der Waals surface area contributed by atoms with Crippen LogP contribution in [0.5, 0.6) is 5.75 Å². The number of ether oxygens (including phenoxy) is 1. The average molecular weight is 411 g/mol. The molecule has 2 aromatic carbocycles. The summed E-state index contributed by atoms with van der Waals surface area (Å²) >= 11 is 0. The van der Waals surface area contributed by atoms with Crippen LogP contribution in [0, 0.1) is 6.92 Å². The zero-order chi connectivity index (χ0) is 20.1. The molecule has 0 spiro atoms. The highest BCUT2D eigenvalue weighted by Gasteiger charge is 2.19. The minimum atomic E-state index is -3.82. The van der Waals surface area contributed by atoms with Crippen LogP contribution in [-0.2, 0) is 16.6 Å². The number of aryl methyl sites for hydroxylation is 1. The molecule has 1 heterocycles. The molecule has 152 valence electrons. The summed E-state index contributed by atoms with van der Waals surface area (Å²) in [6, 6.07) is 11.1. The average Bonchev–Trinajstić information content (AvgIpc) is 2.68. The van der Waals surface area contributed by atoms with Crippen LogP contribution in [0.4, 0.5) is 14.5 Å². The first-order valence-corrected chi connectivity index (χ1v) is 10.4. The highest BCUT2D eigenvalue weighted by molar-refractivity contribution is 7.89. The van der Waals surface area contributed by atoms with E-state index in [0.717, 1.165) is 37.4 Å². The number of anilines is 1. The van der Waals surface area contributed by atoms with Crippen LogP contribution in [0.15, 0.2) is 47.4 Å². The van der Waals surface area contributed by atoms with Crippen molar-refractivity contribution in [3.05, 3.63) is 53.6 Å². The van der Waals surface area contributed by atoms with E-state index in [1.807, 2.05) is 6.92 Å². The van der Waals surface area contributed by atoms with Gasteiger partial charge in [-0.3, -0.25) is 0 Å². The van der Waals surface area contributed by atoms with Gasteiger partial charge in [-0.2, -0.15) is 8.78 Å². The van der Waals surface area contributed by atoms with E-state index >= 15 is 0 Å². The maximum absolute atomic E-state index is 12.8. The van der Waals surface area contributed by atoms with Gasteiger partial charge in [0.1, 0.15) is 5.75 Å². The lowest BCUT2D eigenvalue weighted by molar-refractivity contribution is -0.0504. The number of para-hydroxylation sites is 1. The monoisotopic (exact) mass is 411 g/mol. The molecule has 0 radical (unpaired) electrons. The molecule has 28 heavy (non-hydrogen) atoms. The fourth-order valence-electron chi connectivity index (χ4n) is 3.12. The molecule has 9 heteroatoms. The summed E-state index contributed by atoms with van der Waals surface area (Å²) in [5, 5.41) is 3.27. The first-order chi connectivity index (χ1) is 13.4. The molecule has 1 fully saturated rings. The molecular weight excluding hydrogens is 388 g/mol. The van der Waals surface area contributed by atoms with Crippen LogP contribution < -0.4 is 19.7 Å². The van der Waals surface area contributed by atoms with Gasteiger partial charge >= 0.3 is 6.61 Å². The van der Waals surface area contributed by atoms with Gasteiger partial charge in [-0.15, -0.1) is 0 Å². The summed E-state index contributed by atoms with van der Waals surface area (Å²) in [6.07, 6.45) is 0. The van der Waals surface area contributed by atoms with Gasteiger partial charge < -0.3 is 15.0 Å². The molecule has 0 amide bonds. The van der Waals surface area contributed by atoms with E-state index in [1.54, 1.807) is 36.4 Å². The Bertz CT molecular complexity index is 916. The summed E-state index contributed by atoms with van der Waals surface area (Å²) in [4.78, 5) is 2.29. The molecule has 0 aliphatic carbocycles. The summed E-state index contributed by atoms with van der Waals surface area (Å²) < 4.78 is 57.5. The molecule has 0 atom stereocenters. The Morgan fingerprint density at radius 1 is 1.18 bits per heavy atom. The van der Waals surface area contributed by atoms with Crippen molar-refractivity contribution in [2.75, 3.05) is 31.1 Å². The second-order valence-corrected chi connectivity index (χ2v) is 8.26. The standard InChI is InChI=1S/C19H23F2N3O3S/c1-14-6-7-16(12-17(14)24-10-8-22-9-11-24)28(25,26)23-13-15-4-2-3-5-18(15)27-19(20)21/h2-7,12,19,22-23H,8-11,13H2,1H3. The Hall–Kier alpha value is -2.23. The zero-order valence-corrected chi connectivity index (χ0v) is 16.3. The maximum Gasteiger partial charge on any atom is 0.387 e. The SMILES string of the molecule is Cc1ccc(S(=O)(=O)NCc2ccccc2OC(F)F)cc1N1CCNCC1. The quantitative estimate of drug-likeness (QED) is 0.733. The van der Waals surface area contributed by atoms with Crippen LogP contribution in [0.3, 0.4) is 0 Å². The number of nitrogens with zero attached hydrogens (tertiary/aromatic N) is 1. The smallest absolute Gasteiger partial charge is 0.387 e. The molecular formula is C19H23F2N3O3S. The number of sulfonamides is 1. The van der Waals surface area contributed by atoms with Gasteiger partial charge in [0.25, 0.3) is 0 Å². The molecule has 1 aliphatic heterocycles. The van der Waals surface area contributed by atoms with Crippen molar-refractivity contribution in [1.29, 1.82) is 0 Å². The van der Waals surface area contributed by atoms with E-state index in [-0.39, 0.29) is 17.2 Å². The van der Waals surface area contributed by atoms with Gasteiger partial charge in [-0.1, -0.05) is 24.3 Å². The fraction of sp³-hybridized carbons (Fsp3) is 0.368. The molecule has 1 saturated heterocycles. The molecule has 2 N–H and O–H groups in total. The number of nitrogens with one attached hydrogen (secondary N) is 2. The number of piperazine rings is 1. The molecule has 1 aliphatic rings. The summed E-state index contributed by atoms with van der Waals surface area (Å²) in [7, 11) is -3.82. The predicted molar refractivity (Wildman–Crippen MR) is 103 cm³/mol. The summed E-state index contributed by atoms with van der Waals surface area (Å²) in [5.74, 6) is -0.0504. The third-order valence-electron chi connectivity index (χ3n) is 4.59. The number of hydrogen-bond donors (Lipinski definition) is 2. The lowest BCUT2D eigenvalue weighted by Crippen LogP contribution is -2.43. The van der Waals surface area contributed by atoms with Gasteiger partial charge in [0, 0.05) is 44.0 Å². The van der Waals surface area contributed by atoms with E-state index in [2.05, 4.69) is 19.7 Å². The van der Waals surface area contributed by atoms with Crippen molar-refractivity contribution in [3.8, 4) is 5.75 Å². The van der Waals surface area contributed by atoms with Crippen LogP contribution >= 0.6 is 0 Å². The van der Waals surface area contributed by atoms with Gasteiger partial charge in [0.05, 0.1) is 4.90 Å². The Labute approximate surface area is 163 Å². The van der Waals surface area contributed by atoms with E-state index < -0.39 is 16.6 Å². The first-order valence-electron chi connectivity index (χ1n) is 8.95. The van der Waals surface area contributed by atoms with Gasteiger partial charge in [0.2, 0.25) is 10.0 Å². The van der Waals surface area contributed by atoms with Crippen molar-refractivity contribution >= 4 is 15.7 Å². The number of hydrogen-bond acceptors (Lipinski definition) is 5. The fourth-order valence-corrected chi connectivity index (χ4v) is 4.15. The Morgan fingerprint density at radius 2 is 1.89 bits per heavy atom. The Balaban J connectivity index is 1.78. The molecule has 0 saturated carbocycles. The maximum atomic E-state index is 12.8. The second kappa shape index (κ2) is 8.85. The Morgan fingerprint density at radius 3 is 2.61 bits per heavy atom. The largest absolute Gasteiger partial charge is 0.434 e. The number of benzene rings is 2. The normalized spacial score (nSPS) is 15.1. The molecule has 0 aromatic heterocycles. The lowest BCUT2D eigenvalue weighted by atomic mass is 10.1. The van der Waals surface area contributed by atoms with Crippen molar-refractivity contribution in [1.82, 2.24) is 10.0 Å². The van der Waals surface area contributed by atoms with E-state index in [9.17, 15) is 17.2 Å². The predicted octanol–water partition coefficient (Wildman–Crippen LogP) is 2.48. The van der Waals surface area contributed by atoms with Crippen LogP contribution in [0.25, 0.3) is 0 Å². The highest BCUT2D eigenvalue weighted by atomic mass is 32.2. The summed E-state index contributed by atoms with van der Waals surface area (Å²) in [6.45, 7) is 2.11. The molecule has 0 bridgehead atoms. The van der Waals surface area contributed by atoms with Crippen LogP contribution in [-0.4, -0.2) is 41.2 Å². The third kappa shape index (κ3) is 4.98. The molecule has 2 aromatic rings. The van der Waals surface area contributed by atoms with Crippen LogP contribution in [0.2, 0.25) is 0 Å². The number of halogens is 2. The number of rotatable bonds is 7. The zero-order valence-electron chi connectivity index (χ0n) is 15.5. The molecule has 0 unspecified atom stereocenters. The van der Waals surface area contributed by atoms with E-state index in [1.165, 1.54) is 6.07 Å². The van der Waals surface area contributed by atoms with Crippen molar-refractivity contribution in [2.24, 2.45) is 0 Å². The van der Waals surface area contributed by atoms with Crippen molar-refractivity contribution < 1.29 is 21.9 Å². The van der Waals surface area contributed by atoms with E-state index in [0.29, 0.717) is 5.56 Å². The summed E-state index contributed by atoms with van der Waals surface area (Å²) in [5.41, 5.74) is 2.21. The Kier molecular flexibility index (Phi) is 6.48. The number of alkyl halides is 2. The van der Waals surface area contributed by atoms with E-state index in [4.69, 9.17) is 0 Å². The van der Waals surface area contributed by atoms with Gasteiger partial charge in [-0.25, -0.2) is 13.1 Å². The minimum Gasteiger partial charge on any atom is -0.434 e. The first kappa shape index (κ1) is 20.5. The molecule has 6 nitrogen and oxygen atoms in total. The topological polar surface area (TPSA) is 70.7 Å². The van der Waals surface area contributed by atoms with Crippen molar-refractivity contribution in [3.63, 3.8) is 0 Å². The van der Waals surface area contributed by atoms with Gasteiger partial charge in [0.15, 0.2) is 0 Å². The van der Waals surface area contributed by atoms with Gasteiger partial charge in [-0.05, 0) is 30.7 Å². The third-order valence-corrected chi connectivity index (χ3v) is 5.99. The highest BCUT2D eigenvalue weighted by Crippen LogP contribution is 2.25. The molecule has 3 rings (SSSR count). The second-order valence-electron chi connectivity index (χ2n) is 6.50. The minimum absolute atomic E-state index is 0.0504.